The van der Waals surface area contributed by atoms with Gasteiger partial charge in [0.25, 0.3) is 11.6 Å². The maximum Gasteiger partial charge on any atom is 0.282 e. The van der Waals surface area contributed by atoms with Gasteiger partial charge >= 0.3 is 0 Å². The number of benzene rings is 2. The maximum absolute atomic E-state index is 12.1. The zero-order valence-corrected chi connectivity index (χ0v) is 12.4. The Morgan fingerprint density at radius 3 is 2.45 bits per heavy atom. The Bertz CT molecular complexity index is 684. The van der Waals surface area contributed by atoms with E-state index in [-0.39, 0.29) is 11.3 Å². The van der Waals surface area contributed by atoms with Crippen molar-refractivity contribution in [3.8, 4) is 5.75 Å². The molecular formula is C16H16N2O4. The number of ether oxygens (including phenoxy) is 1. The topological polar surface area (TPSA) is 72.7 Å². The van der Waals surface area contributed by atoms with E-state index in [0.29, 0.717) is 12.4 Å². The second-order valence-electron chi connectivity index (χ2n) is 4.91. The highest BCUT2D eigenvalue weighted by molar-refractivity contribution is 5.98. The molecular weight excluding hydrogens is 284 g/mol. The smallest absolute Gasteiger partial charge is 0.282 e. The third-order valence-corrected chi connectivity index (χ3v) is 3.05. The fourth-order valence-corrected chi connectivity index (χ4v) is 1.92. The molecule has 0 saturated heterocycles. The summed E-state index contributed by atoms with van der Waals surface area (Å²) in [5.41, 5.74) is 0.757. The van der Waals surface area contributed by atoms with Gasteiger partial charge in [0.05, 0.1) is 4.92 Å². The molecule has 0 N–H and O–H groups in total. The molecule has 0 aromatic heterocycles. The van der Waals surface area contributed by atoms with Crippen molar-refractivity contribution >= 4 is 11.6 Å². The summed E-state index contributed by atoms with van der Waals surface area (Å²) in [7, 11) is 3.09. The number of amides is 1. The number of hydrogen-bond acceptors (Lipinski definition) is 4. The van der Waals surface area contributed by atoms with Gasteiger partial charge in [0.1, 0.15) is 17.9 Å². The summed E-state index contributed by atoms with van der Waals surface area (Å²) in [5, 5.41) is 11.0. The van der Waals surface area contributed by atoms with Crippen molar-refractivity contribution in [2.24, 2.45) is 0 Å². The first kappa shape index (κ1) is 15.5. The summed E-state index contributed by atoms with van der Waals surface area (Å²) >= 11 is 0. The van der Waals surface area contributed by atoms with Crippen LogP contribution in [-0.4, -0.2) is 29.8 Å². The lowest BCUT2D eigenvalue weighted by atomic mass is 10.1. The van der Waals surface area contributed by atoms with Crippen LogP contribution in [0.15, 0.2) is 48.5 Å². The average Bonchev–Trinajstić information content (AvgIpc) is 2.52. The number of nitro groups is 1. The van der Waals surface area contributed by atoms with Crippen molar-refractivity contribution in [2.75, 3.05) is 14.1 Å². The van der Waals surface area contributed by atoms with Crippen molar-refractivity contribution in [1.29, 1.82) is 0 Å². The van der Waals surface area contributed by atoms with Gasteiger partial charge in [-0.15, -0.1) is 0 Å². The monoisotopic (exact) mass is 300 g/mol. The van der Waals surface area contributed by atoms with Gasteiger partial charge in [0.2, 0.25) is 0 Å². The third kappa shape index (κ3) is 3.60. The van der Waals surface area contributed by atoms with E-state index in [9.17, 15) is 14.9 Å². The minimum Gasteiger partial charge on any atom is -0.489 e. The van der Waals surface area contributed by atoms with Crippen LogP contribution in [0.5, 0.6) is 5.75 Å². The summed E-state index contributed by atoms with van der Waals surface area (Å²) in [6.07, 6.45) is 0. The fraction of sp³-hybridized carbons (Fsp3) is 0.188. The standard InChI is InChI=1S/C16H16N2O4/c1-17(2)16(19)14-10-13(8-9-15(14)18(20)21)22-11-12-6-4-3-5-7-12/h3-10H,11H2,1-2H3. The molecule has 0 spiro atoms. The molecule has 114 valence electrons. The molecule has 0 unspecified atom stereocenters. The molecule has 1 amide bonds. The summed E-state index contributed by atoms with van der Waals surface area (Å²) in [6.45, 7) is 0.328. The van der Waals surface area contributed by atoms with Crippen molar-refractivity contribution in [3.63, 3.8) is 0 Å². The van der Waals surface area contributed by atoms with Gasteiger partial charge in [0, 0.05) is 20.2 Å². The van der Waals surface area contributed by atoms with Crippen LogP contribution >= 0.6 is 0 Å². The Morgan fingerprint density at radius 2 is 1.86 bits per heavy atom. The molecule has 0 saturated carbocycles. The van der Waals surface area contributed by atoms with Gasteiger partial charge in [-0.1, -0.05) is 30.3 Å². The van der Waals surface area contributed by atoms with Gasteiger partial charge in [-0.25, -0.2) is 0 Å². The zero-order chi connectivity index (χ0) is 16.1. The van der Waals surface area contributed by atoms with Crippen molar-refractivity contribution in [3.05, 3.63) is 69.8 Å². The van der Waals surface area contributed by atoms with E-state index in [1.807, 2.05) is 30.3 Å². The van der Waals surface area contributed by atoms with E-state index < -0.39 is 10.8 Å². The molecule has 0 aliphatic carbocycles. The average molecular weight is 300 g/mol. The minimum atomic E-state index is -0.572. The second kappa shape index (κ2) is 6.71. The minimum absolute atomic E-state index is 0.0144. The summed E-state index contributed by atoms with van der Waals surface area (Å²) in [6, 6.07) is 13.7. The molecule has 0 aliphatic heterocycles. The van der Waals surface area contributed by atoms with Gasteiger partial charge in [-0.05, 0) is 17.7 Å². The van der Waals surface area contributed by atoms with Gasteiger partial charge < -0.3 is 9.64 Å². The van der Waals surface area contributed by atoms with Crippen molar-refractivity contribution in [1.82, 2.24) is 4.90 Å². The highest BCUT2D eigenvalue weighted by atomic mass is 16.6. The van der Waals surface area contributed by atoms with Crippen LogP contribution in [0.2, 0.25) is 0 Å². The number of carbonyl (C=O) groups excluding carboxylic acids is 1. The number of nitrogens with zero attached hydrogens (tertiary/aromatic N) is 2. The summed E-state index contributed by atoms with van der Waals surface area (Å²) < 4.78 is 5.60. The van der Waals surface area contributed by atoms with Crippen LogP contribution in [0, 0.1) is 10.1 Å². The predicted molar refractivity (Wildman–Crippen MR) is 81.9 cm³/mol. The van der Waals surface area contributed by atoms with E-state index in [2.05, 4.69) is 0 Å². The van der Waals surface area contributed by atoms with Crippen molar-refractivity contribution < 1.29 is 14.5 Å². The number of carbonyl (C=O) groups is 1. The Morgan fingerprint density at radius 1 is 1.18 bits per heavy atom. The molecule has 0 atom stereocenters. The van der Waals surface area contributed by atoms with Crippen LogP contribution in [0.1, 0.15) is 15.9 Å². The SMILES string of the molecule is CN(C)C(=O)c1cc(OCc2ccccc2)ccc1[N+](=O)[O-]. The normalized spacial score (nSPS) is 10.1. The molecule has 0 heterocycles. The van der Waals surface area contributed by atoms with E-state index in [1.54, 1.807) is 14.1 Å². The first-order valence-corrected chi connectivity index (χ1v) is 6.66. The molecule has 0 fully saturated rings. The first-order chi connectivity index (χ1) is 10.5. The van der Waals surface area contributed by atoms with Gasteiger partial charge in [0.15, 0.2) is 0 Å². The Kier molecular flexibility index (Phi) is 4.73. The molecule has 0 radical (unpaired) electrons. The molecule has 6 nitrogen and oxygen atoms in total. The van der Waals surface area contributed by atoms with Crippen molar-refractivity contribution in [2.45, 2.75) is 6.61 Å². The van der Waals surface area contributed by atoms with Crippen LogP contribution in [-0.2, 0) is 6.61 Å². The molecule has 2 rings (SSSR count). The quantitative estimate of drug-likeness (QED) is 0.628. The first-order valence-electron chi connectivity index (χ1n) is 6.66. The largest absolute Gasteiger partial charge is 0.489 e. The van der Waals surface area contributed by atoms with E-state index >= 15 is 0 Å². The van der Waals surface area contributed by atoms with E-state index in [1.165, 1.54) is 23.1 Å². The van der Waals surface area contributed by atoms with Gasteiger partial charge in [-0.3, -0.25) is 14.9 Å². The van der Waals surface area contributed by atoms with Crippen LogP contribution in [0.25, 0.3) is 0 Å². The molecule has 2 aromatic rings. The van der Waals surface area contributed by atoms with Crippen LogP contribution in [0.3, 0.4) is 0 Å². The highest BCUT2D eigenvalue weighted by Gasteiger charge is 2.22. The van der Waals surface area contributed by atoms with Crippen LogP contribution < -0.4 is 4.74 Å². The molecule has 0 aliphatic rings. The molecule has 22 heavy (non-hydrogen) atoms. The Hall–Kier alpha value is -2.89. The predicted octanol–water partition coefficient (Wildman–Crippen LogP) is 2.88. The third-order valence-electron chi connectivity index (χ3n) is 3.05. The molecule has 6 heteroatoms. The van der Waals surface area contributed by atoms with Crippen LogP contribution in [0.4, 0.5) is 5.69 Å². The van der Waals surface area contributed by atoms with Gasteiger partial charge in [-0.2, -0.15) is 0 Å². The number of rotatable bonds is 5. The molecule has 2 aromatic carbocycles. The zero-order valence-electron chi connectivity index (χ0n) is 12.4. The Labute approximate surface area is 128 Å². The maximum atomic E-state index is 12.1. The fourth-order valence-electron chi connectivity index (χ4n) is 1.92. The lowest BCUT2D eigenvalue weighted by molar-refractivity contribution is -0.385. The number of hydrogen-bond donors (Lipinski definition) is 0. The summed E-state index contributed by atoms with van der Waals surface area (Å²) in [5.74, 6) is -0.0171. The van der Waals surface area contributed by atoms with E-state index in [0.717, 1.165) is 5.56 Å². The Balaban J connectivity index is 2.25. The molecule has 0 bridgehead atoms. The highest BCUT2D eigenvalue weighted by Crippen LogP contribution is 2.25. The lowest BCUT2D eigenvalue weighted by Gasteiger charge is -2.12. The number of nitro benzene ring substituents is 1. The lowest BCUT2D eigenvalue weighted by Crippen LogP contribution is -2.22. The van der Waals surface area contributed by atoms with E-state index in [4.69, 9.17) is 4.74 Å². The second-order valence-corrected chi connectivity index (χ2v) is 4.91. The summed E-state index contributed by atoms with van der Waals surface area (Å²) in [4.78, 5) is 23.8.